The molecular formula is C22H22ClF2N7O2. The first-order valence-corrected chi connectivity index (χ1v) is 10.9. The van der Waals surface area contributed by atoms with Gasteiger partial charge in [0, 0.05) is 45.0 Å². The van der Waals surface area contributed by atoms with Crippen molar-refractivity contribution in [3.05, 3.63) is 70.0 Å². The fourth-order valence-corrected chi connectivity index (χ4v) is 3.64. The highest BCUT2D eigenvalue weighted by Gasteiger charge is 2.18. The van der Waals surface area contributed by atoms with Gasteiger partial charge in [0.05, 0.1) is 10.6 Å². The van der Waals surface area contributed by atoms with Crippen molar-refractivity contribution >= 4 is 35.1 Å². The zero-order chi connectivity index (χ0) is 24.2. The number of nitrogens with one attached hydrogen (secondary N) is 3. The largest absolute Gasteiger partial charge is 0.354 e. The van der Waals surface area contributed by atoms with Gasteiger partial charge in [-0.05, 0) is 30.8 Å². The fourth-order valence-electron chi connectivity index (χ4n) is 3.40. The smallest absolute Gasteiger partial charge is 0.269 e. The molecule has 4 rings (SSSR count). The number of nitrogens with zero attached hydrogens (tertiary/aromatic N) is 4. The molecule has 0 unspecified atom stereocenters. The van der Waals surface area contributed by atoms with Gasteiger partial charge < -0.3 is 20.4 Å². The number of carbonyl (C=O) groups is 2. The van der Waals surface area contributed by atoms with Gasteiger partial charge in [-0.3, -0.25) is 14.7 Å². The van der Waals surface area contributed by atoms with Crippen LogP contribution in [0.4, 0.5) is 20.4 Å². The number of piperazine rings is 1. The van der Waals surface area contributed by atoms with Crippen molar-refractivity contribution in [1.82, 2.24) is 25.4 Å². The Kier molecular flexibility index (Phi) is 7.03. The summed E-state index contributed by atoms with van der Waals surface area (Å²) in [5.74, 6) is -2.68. The van der Waals surface area contributed by atoms with E-state index < -0.39 is 23.4 Å². The number of H-pyrrole nitrogens is 1. The highest BCUT2D eigenvalue weighted by Crippen LogP contribution is 2.21. The van der Waals surface area contributed by atoms with Crippen LogP contribution >= 0.6 is 11.6 Å². The Labute approximate surface area is 199 Å². The van der Waals surface area contributed by atoms with E-state index >= 15 is 0 Å². The second-order valence-corrected chi connectivity index (χ2v) is 8.27. The molecule has 9 nitrogen and oxygen atoms in total. The van der Waals surface area contributed by atoms with Crippen molar-refractivity contribution in [3.8, 4) is 0 Å². The van der Waals surface area contributed by atoms with E-state index in [2.05, 4.69) is 42.7 Å². The average Bonchev–Trinajstić information content (AvgIpc) is 3.29. The van der Waals surface area contributed by atoms with Crippen LogP contribution in [-0.4, -0.2) is 65.1 Å². The maximum absolute atomic E-state index is 13.4. The van der Waals surface area contributed by atoms with E-state index in [1.54, 1.807) is 6.20 Å². The monoisotopic (exact) mass is 489 g/mol. The number of hydrogen-bond donors (Lipinski definition) is 3. The Morgan fingerprint density at radius 1 is 1.09 bits per heavy atom. The number of halogens is 3. The highest BCUT2D eigenvalue weighted by molar-refractivity contribution is 6.34. The molecule has 1 saturated heterocycles. The molecule has 0 saturated carbocycles. The van der Waals surface area contributed by atoms with Gasteiger partial charge in [0.15, 0.2) is 17.5 Å². The number of aromatic amines is 1. The Hall–Kier alpha value is -3.57. The third kappa shape index (κ3) is 5.49. The Bertz CT molecular complexity index is 1190. The summed E-state index contributed by atoms with van der Waals surface area (Å²) in [6, 6.07) is 6.55. The maximum Gasteiger partial charge on any atom is 0.269 e. The zero-order valence-corrected chi connectivity index (χ0v) is 19.0. The number of likely N-dealkylation sites (N-methyl/N-ethyl adjacent to an activating group) is 1. The lowest BCUT2D eigenvalue weighted by Crippen LogP contribution is -2.44. The fraction of sp³-hybridized carbons (Fsp3) is 0.273. The van der Waals surface area contributed by atoms with Gasteiger partial charge in [0.25, 0.3) is 11.8 Å². The average molecular weight is 490 g/mol. The van der Waals surface area contributed by atoms with Gasteiger partial charge in [0.1, 0.15) is 11.5 Å². The predicted octanol–water partition coefficient (Wildman–Crippen LogP) is 2.67. The van der Waals surface area contributed by atoms with Crippen LogP contribution in [0.5, 0.6) is 0 Å². The maximum atomic E-state index is 13.4. The number of aromatic nitrogens is 3. The van der Waals surface area contributed by atoms with E-state index in [1.807, 2.05) is 12.1 Å². The summed E-state index contributed by atoms with van der Waals surface area (Å²) >= 11 is 5.81. The van der Waals surface area contributed by atoms with Crippen LogP contribution in [0.25, 0.3) is 0 Å². The Balaban J connectivity index is 1.31. The molecule has 1 aliphatic rings. The first-order chi connectivity index (χ1) is 16.3. The first-order valence-electron chi connectivity index (χ1n) is 10.5. The standard InChI is InChI=1S/C22H22ClF2N7O2/c1-31-4-6-32(7-5-31)20-3-2-13(11-26-20)12-27-22(34)18-10-19(30-29-18)28-21(33)14-8-16(24)17(25)9-15(14)23/h2-3,8-11H,4-7,12H2,1H3,(H,27,34)(H2,28,29,30,33). The minimum atomic E-state index is -1.21. The summed E-state index contributed by atoms with van der Waals surface area (Å²) in [5.41, 5.74) is 0.669. The lowest BCUT2D eigenvalue weighted by molar-refractivity contribution is 0.0945. The summed E-state index contributed by atoms with van der Waals surface area (Å²) in [5, 5.41) is 11.2. The van der Waals surface area contributed by atoms with Crippen molar-refractivity contribution in [2.45, 2.75) is 6.54 Å². The van der Waals surface area contributed by atoms with Crippen LogP contribution in [0.15, 0.2) is 36.5 Å². The summed E-state index contributed by atoms with van der Waals surface area (Å²) < 4.78 is 26.6. The molecule has 3 aromatic rings. The van der Waals surface area contributed by atoms with E-state index in [4.69, 9.17) is 11.6 Å². The summed E-state index contributed by atoms with van der Waals surface area (Å²) in [6.45, 7) is 4.06. The number of carbonyl (C=O) groups excluding carboxylic acids is 2. The molecule has 0 spiro atoms. The second kappa shape index (κ2) is 10.1. The SMILES string of the molecule is CN1CCN(c2ccc(CNC(=O)c3cc(NC(=O)c4cc(F)c(F)cc4Cl)n[nH]3)cn2)CC1. The first kappa shape index (κ1) is 23.6. The number of pyridine rings is 1. The van der Waals surface area contributed by atoms with E-state index in [0.717, 1.165) is 37.6 Å². The van der Waals surface area contributed by atoms with E-state index in [0.29, 0.717) is 12.1 Å². The van der Waals surface area contributed by atoms with Crippen molar-refractivity contribution in [1.29, 1.82) is 0 Å². The molecule has 3 heterocycles. The molecule has 2 aromatic heterocycles. The summed E-state index contributed by atoms with van der Waals surface area (Å²) in [4.78, 5) is 33.7. The van der Waals surface area contributed by atoms with Crippen molar-refractivity contribution in [2.75, 3.05) is 43.4 Å². The number of rotatable bonds is 6. The molecule has 12 heteroatoms. The third-order valence-corrected chi connectivity index (χ3v) is 5.72. The van der Waals surface area contributed by atoms with Gasteiger partial charge >= 0.3 is 0 Å². The van der Waals surface area contributed by atoms with E-state index in [1.165, 1.54) is 6.07 Å². The van der Waals surface area contributed by atoms with Gasteiger partial charge in [-0.2, -0.15) is 5.10 Å². The van der Waals surface area contributed by atoms with Crippen LogP contribution in [0, 0.1) is 11.6 Å². The van der Waals surface area contributed by atoms with Gasteiger partial charge in [-0.25, -0.2) is 13.8 Å². The Morgan fingerprint density at radius 2 is 1.82 bits per heavy atom. The molecule has 34 heavy (non-hydrogen) atoms. The molecule has 1 fully saturated rings. The molecule has 0 radical (unpaired) electrons. The number of hydrogen-bond acceptors (Lipinski definition) is 6. The second-order valence-electron chi connectivity index (χ2n) is 7.86. The minimum Gasteiger partial charge on any atom is -0.354 e. The number of amides is 2. The van der Waals surface area contributed by atoms with Gasteiger partial charge in [-0.1, -0.05) is 17.7 Å². The van der Waals surface area contributed by atoms with Crippen LogP contribution in [0.3, 0.4) is 0 Å². The van der Waals surface area contributed by atoms with E-state index in [-0.39, 0.29) is 28.6 Å². The van der Waals surface area contributed by atoms with Crippen molar-refractivity contribution in [2.24, 2.45) is 0 Å². The zero-order valence-electron chi connectivity index (χ0n) is 18.2. The third-order valence-electron chi connectivity index (χ3n) is 5.41. The summed E-state index contributed by atoms with van der Waals surface area (Å²) in [6.07, 6.45) is 1.72. The van der Waals surface area contributed by atoms with Crippen molar-refractivity contribution < 1.29 is 18.4 Å². The molecule has 3 N–H and O–H groups in total. The lowest BCUT2D eigenvalue weighted by atomic mass is 10.2. The number of anilines is 2. The van der Waals surface area contributed by atoms with Crippen LogP contribution < -0.4 is 15.5 Å². The predicted molar refractivity (Wildman–Crippen MR) is 123 cm³/mol. The van der Waals surface area contributed by atoms with Crippen LogP contribution in [-0.2, 0) is 6.54 Å². The van der Waals surface area contributed by atoms with Gasteiger partial charge in [-0.15, -0.1) is 0 Å². The van der Waals surface area contributed by atoms with E-state index in [9.17, 15) is 18.4 Å². The Morgan fingerprint density at radius 3 is 2.53 bits per heavy atom. The van der Waals surface area contributed by atoms with Crippen LogP contribution in [0.2, 0.25) is 5.02 Å². The summed E-state index contributed by atoms with van der Waals surface area (Å²) in [7, 11) is 2.09. The molecule has 0 atom stereocenters. The lowest BCUT2D eigenvalue weighted by Gasteiger charge is -2.33. The molecule has 1 aliphatic heterocycles. The highest BCUT2D eigenvalue weighted by atomic mass is 35.5. The van der Waals surface area contributed by atoms with Gasteiger partial charge in [0.2, 0.25) is 0 Å². The normalized spacial score (nSPS) is 14.2. The molecular weight excluding hydrogens is 468 g/mol. The van der Waals surface area contributed by atoms with Crippen LogP contribution in [0.1, 0.15) is 26.4 Å². The molecule has 1 aromatic carbocycles. The van der Waals surface area contributed by atoms with Crippen molar-refractivity contribution in [3.63, 3.8) is 0 Å². The minimum absolute atomic E-state index is 0.0224. The molecule has 2 amide bonds. The molecule has 178 valence electrons. The molecule has 0 aliphatic carbocycles. The molecule has 0 bridgehead atoms. The quantitative estimate of drug-likeness (QED) is 0.460. The topological polar surface area (TPSA) is 106 Å². The number of benzene rings is 1.